The van der Waals surface area contributed by atoms with E-state index in [1.807, 2.05) is 0 Å². The Balaban J connectivity index is 1.53. The SMILES string of the molecule is CCC1CCC(CNCC2CCCN2)CC1. The van der Waals surface area contributed by atoms with E-state index >= 15 is 0 Å². The molecule has 2 N–H and O–H groups in total. The highest BCUT2D eigenvalue weighted by Crippen LogP contribution is 2.30. The van der Waals surface area contributed by atoms with Crippen molar-refractivity contribution in [2.45, 2.75) is 57.9 Å². The summed E-state index contributed by atoms with van der Waals surface area (Å²) in [6.07, 6.45) is 10.0. The van der Waals surface area contributed by atoms with Crippen LogP contribution >= 0.6 is 0 Å². The minimum atomic E-state index is 0.756. The van der Waals surface area contributed by atoms with E-state index in [0.29, 0.717) is 0 Å². The van der Waals surface area contributed by atoms with Crippen molar-refractivity contribution in [3.63, 3.8) is 0 Å². The van der Waals surface area contributed by atoms with Crippen LogP contribution in [0, 0.1) is 11.8 Å². The molecule has 1 atom stereocenters. The highest BCUT2D eigenvalue weighted by atomic mass is 15.0. The molecule has 0 aromatic carbocycles. The summed E-state index contributed by atoms with van der Waals surface area (Å²) in [5.74, 6) is 2.00. The summed E-state index contributed by atoms with van der Waals surface area (Å²) in [5, 5.41) is 7.22. The first kappa shape index (κ1) is 12.4. The molecule has 0 aromatic heterocycles. The fourth-order valence-corrected chi connectivity index (χ4v) is 3.24. The maximum atomic E-state index is 3.67. The van der Waals surface area contributed by atoms with E-state index in [0.717, 1.165) is 17.9 Å². The Morgan fingerprint density at radius 1 is 1.00 bits per heavy atom. The smallest absolute Gasteiger partial charge is 0.0192 e. The van der Waals surface area contributed by atoms with Gasteiger partial charge in [0.05, 0.1) is 0 Å². The van der Waals surface area contributed by atoms with Gasteiger partial charge < -0.3 is 10.6 Å². The summed E-state index contributed by atoms with van der Waals surface area (Å²) in [7, 11) is 0. The van der Waals surface area contributed by atoms with Crippen molar-refractivity contribution in [1.29, 1.82) is 0 Å². The van der Waals surface area contributed by atoms with Crippen LogP contribution in [-0.2, 0) is 0 Å². The molecule has 1 saturated heterocycles. The van der Waals surface area contributed by atoms with Crippen molar-refractivity contribution < 1.29 is 0 Å². The Labute approximate surface area is 101 Å². The van der Waals surface area contributed by atoms with Gasteiger partial charge in [0.25, 0.3) is 0 Å². The van der Waals surface area contributed by atoms with Crippen LogP contribution in [0.2, 0.25) is 0 Å². The fourth-order valence-electron chi connectivity index (χ4n) is 3.24. The molecule has 2 aliphatic rings. The molecule has 1 heterocycles. The van der Waals surface area contributed by atoms with Crippen molar-refractivity contribution in [3.05, 3.63) is 0 Å². The highest BCUT2D eigenvalue weighted by Gasteiger charge is 2.20. The molecule has 1 saturated carbocycles. The van der Waals surface area contributed by atoms with Crippen LogP contribution in [-0.4, -0.2) is 25.7 Å². The number of rotatable bonds is 5. The van der Waals surface area contributed by atoms with Gasteiger partial charge in [-0.15, -0.1) is 0 Å². The molecule has 2 fully saturated rings. The Morgan fingerprint density at radius 2 is 1.75 bits per heavy atom. The molecule has 2 rings (SSSR count). The van der Waals surface area contributed by atoms with Crippen LogP contribution in [0.1, 0.15) is 51.9 Å². The van der Waals surface area contributed by atoms with E-state index in [-0.39, 0.29) is 0 Å². The zero-order valence-corrected chi connectivity index (χ0v) is 10.8. The molecule has 0 spiro atoms. The molecule has 94 valence electrons. The van der Waals surface area contributed by atoms with Crippen molar-refractivity contribution >= 4 is 0 Å². The van der Waals surface area contributed by atoms with Crippen LogP contribution in [0.3, 0.4) is 0 Å². The Morgan fingerprint density at radius 3 is 2.38 bits per heavy atom. The van der Waals surface area contributed by atoms with Gasteiger partial charge in [0, 0.05) is 12.6 Å². The lowest BCUT2D eigenvalue weighted by Crippen LogP contribution is -2.36. The molecular formula is C14H28N2. The van der Waals surface area contributed by atoms with Gasteiger partial charge in [0.2, 0.25) is 0 Å². The van der Waals surface area contributed by atoms with Crippen LogP contribution in [0.15, 0.2) is 0 Å². The summed E-state index contributed by atoms with van der Waals surface area (Å²) < 4.78 is 0. The Kier molecular flexibility index (Phi) is 5.11. The second-order valence-electron chi connectivity index (χ2n) is 5.75. The molecule has 1 aliphatic carbocycles. The number of nitrogens with one attached hydrogen (secondary N) is 2. The average molecular weight is 224 g/mol. The van der Waals surface area contributed by atoms with Gasteiger partial charge in [0.1, 0.15) is 0 Å². The normalized spacial score (nSPS) is 35.4. The molecule has 0 aromatic rings. The zero-order valence-electron chi connectivity index (χ0n) is 10.8. The summed E-state index contributed by atoms with van der Waals surface area (Å²) >= 11 is 0. The molecule has 1 aliphatic heterocycles. The summed E-state index contributed by atoms with van der Waals surface area (Å²) in [6.45, 7) is 6.02. The van der Waals surface area contributed by atoms with E-state index < -0.39 is 0 Å². The second-order valence-corrected chi connectivity index (χ2v) is 5.75. The van der Waals surface area contributed by atoms with Crippen LogP contribution in [0.25, 0.3) is 0 Å². The molecule has 0 amide bonds. The van der Waals surface area contributed by atoms with Gasteiger partial charge in [-0.25, -0.2) is 0 Å². The van der Waals surface area contributed by atoms with Crippen molar-refractivity contribution in [2.24, 2.45) is 11.8 Å². The van der Waals surface area contributed by atoms with Crippen LogP contribution < -0.4 is 10.6 Å². The minimum Gasteiger partial charge on any atom is -0.315 e. The quantitative estimate of drug-likeness (QED) is 0.750. The predicted octanol–water partition coefficient (Wildman–Crippen LogP) is 2.54. The molecular weight excluding hydrogens is 196 g/mol. The molecule has 16 heavy (non-hydrogen) atoms. The first-order valence-electron chi connectivity index (χ1n) is 7.32. The van der Waals surface area contributed by atoms with Gasteiger partial charge in [-0.1, -0.05) is 26.2 Å². The standard InChI is InChI=1S/C14H28N2/c1-2-12-5-7-13(8-6-12)10-15-11-14-4-3-9-16-14/h12-16H,2-11H2,1H3. The van der Waals surface area contributed by atoms with E-state index in [4.69, 9.17) is 0 Å². The highest BCUT2D eigenvalue weighted by molar-refractivity contribution is 4.78. The first-order valence-corrected chi connectivity index (χ1v) is 7.32. The fraction of sp³-hybridized carbons (Fsp3) is 1.00. The van der Waals surface area contributed by atoms with Gasteiger partial charge >= 0.3 is 0 Å². The lowest BCUT2D eigenvalue weighted by Gasteiger charge is -2.28. The predicted molar refractivity (Wildman–Crippen MR) is 69.6 cm³/mol. The van der Waals surface area contributed by atoms with Gasteiger partial charge in [0.15, 0.2) is 0 Å². The van der Waals surface area contributed by atoms with Gasteiger partial charge in [-0.05, 0) is 50.6 Å². The Bertz CT molecular complexity index is 179. The second kappa shape index (κ2) is 6.61. The lowest BCUT2D eigenvalue weighted by atomic mass is 9.81. The third-order valence-corrected chi connectivity index (χ3v) is 4.53. The average Bonchev–Trinajstić information content (AvgIpc) is 2.83. The van der Waals surface area contributed by atoms with Crippen molar-refractivity contribution in [1.82, 2.24) is 10.6 Å². The molecule has 2 heteroatoms. The molecule has 1 unspecified atom stereocenters. The van der Waals surface area contributed by atoms with E-state index in [2.05, 4.69) is 17.6 Å². The molecule has 0 radical (unpaired) electrons. The van der Waals surface area contributed by atoms with Crippen molar-refractivity contribution in [2.75, 3.05) is 19.6 Å². The third kappa shape index (κ3) is 3.74. The molecule has 0 bridgehead atoms. The largest absolute Gasteiger partial charge is 0.315 e. The zero-order chi connectivity index (χ0) is 11.2. The summed E-state index contributed by atoms with van der Waals surface area (Å²) in [5.41, 5.74) is 0. The first-order chi connectivity index (χ1) is 7.88. The minimum absolute atomic E-state index is 0.756. The summed E-state index contributed by atoms with van der Waals surface area (Å²) in [4.78, 5) is 0. The van der Waals surface area contributed by atoms with Crippen LogP contribution in [0.4, 0.5) is 0 Å². The van der Waals surface area contributed by atoms with E-state index in [1.165, 1.54) is 64.6 Å². The maximum Gasteiger partial charge on any atom is 0.0192 e. The third-order valence-electron chi connectivity index (χ3n) is 4.53. The number of hydrogen-bond donors (Lipinski definition) is 2. The number of hydrogen-bond acceptors (Lipinski definition) is 2. The van der Waals surface area contributed by atoms with E-state index in [1.54, 1.807) is 0 Å². The van der Waals surface area contributed by atoms with Gasteiger partial charge in [-0.3, -0.25) is 0 Å². The van der Waals surface area contributed by atoms with Crippen molar-refractivity contribution in [3.8, 4) is 0 Å². The Hall–Kier alpha value is -0.0800. The molecule has 2 nitrogen and oxygen atoms in total. The summed E-state index contributed by atoms with van der Waals surface area (Å²) in [6, 6.07) is 0.756. The topological polar surface area (TPSA) is 24.1 Å². The monoisotopic (exact) mass is 224 g/mol. The van der Waals surface area contributed by atoms with Crippen LogP contribution in [0.5, 0.6) is 0 Å². The maximum absolute atomic E-state index is 3.67. The van der Waals surface area contributed by atoms with Gasteiger partial charge in [-0.2, -0.15) is 0 Å². The van der Waals surface area contributed by atoms with E-state index in [9.17, 15) is 0 Å². The lowest BCUT2D eigenvalue weighted by molar-refractivity contribution is 0.261.